The summed E-state index contributed by atoms with van der Waals surface area (Å²) < 4.78 is 7.93. The number of aliphatic hydroxyl groups is 1. The zero-order valence-corrected chi connectivity index (χ0v) is 20.0. The predicted molar refractivity (Wildman–Crippen MR) is 129 cm³/mol. The first kappa shape index (κ1) is 21.6. The third kappa shape index (κ3) is 3.24. The van der Waals surface area contributed by atoms with Crippen molar-refractivity contribution in [2.45, 2.75) is 43.7 Å². The summed E-state index contributed by atoms with van der Waals surface area (Å²) in [7, 11) is 2.12. The number of aromatic nitrogens is 4. The van der Waals surface area contributed by atoms with Crippen LogP contribution >= 0.6 is 11.3 Å². The van der Waals surface area contributed by atoms with Crippen molar-refractivity contribution in [3.63, 3.8) is 0 Å². The van der Waals surface area contributed by atoms with E-state index in [2.05, 4.69) is 32.9 Å². The lowest BCUT2D eigenvalue weighted by Gasteiger charge is -2.49. The third-order valence-corrected chi connectivity index (χ3v) is 8.69. The Bertz CT molecular complexity index is 1290. The standard InChI is InChI=1S/C23H28N8O2S/c1-29-6-2-3-14(29)10-33-22-27-20-18(26-13-30(20)7-8-32)21(28-22)31-11-23(12-31)5-4-16-17(23)15(9-24)19(25)34-16/h13-14,32H,2-8,10-12,25H2,1H3/t14-/m0/s1. The maximum Gasteiger partial charge on any atom is 0.320 e. The monoisotopic (exact) mass is 480 g/mol. The molecule has 3 aliphatic rings. The molecule has 0 bridgehead atoms. The molecule has 5 heterocycles. The molecule has 178 valence electrons. The highest BCUT2D eigenvalue weighted by Gasteiger charge is 2.52. The lowest BCUT2D eigenvalue weighted by Crippen LogP contribution is -2.59. The summed E-state index contributed by atoms with van der Waals surface area (Å²) >= 11 is 1.56. The van der Waals surface area contributed by atoms with Gasteiger partial charge in [-0.1, -0.05) is 0 Å². The molecular formula is C23H28N8O2S. The number of imidazole rings is 1. The Hall–Kier alpha value is -2.94. The van der Waals surface area contributed by atoms with E-state index in [9.17, 15) is 10.4 Å². The first-order valence-electron chi connectivity index (χ1n) is 11.8. The molecule has 2 fully saturated rings. The van der Waals surface area contributed by atoms with Crippen LogP contribution in [0.2, 0.25) is 0 Å². The maximum atomic E-state index is 9.69. The summed E-state index contributed by atoms with van der Waals surface area (Å²) in [5.74, 6) is 0.747. The molecule has 3 aromatic heterocycles. The molecule has 6 rings (SSSR count). The third-order valence-electron chi connectivity index (χ3n) is 7.61. The van der Waals surface area contributed by atoms with Gasteiger partial charge in [0, 0.05) is 36.0 Å². The number of thiophene rings is 1. The topological polar surface area (TPSA) is 129 Å². The summed E-state index contributed by atoms with van der Waals surface area (Å²) in [6, 6.07) is 3.04. The van der Waals surface area contributed by atoms with Crippen LogP contribution in [0.4, 0.5) is 10.8 Å². The molecular weight excluding hydrogens is 452 g/mol. The average Bonchev–Trinajstić information content (AvgIpc) is 3.55. The Morgan fingerprint density at radius 3 is 2.97 bits per heavy atom. The van der Waals surface area contributed by atoms with Crippen LogP contribution < -0.4 is 15.4 Å². The van der Waals surface area contributed by atoms with E-state index < -0.39 is 0 Å². The number of aliphatic hydroxyl groups excluding tert-OH is 1. The molecule has 1 atom stereocenters. The second-order valence-electron chi connectivity index (χ2n) is 9.64. The average molecular weight is 481 g/mol. The number of hydrogen-bond acceptors (Lipinski definition) is 10. The Balaban J connectivity index is 1.31. The SMILES string of the molecule is CN1CCC[C@H]1COc1nc(N2CC3(CCc4sc(N)c(C#N)c43)C2)c2ncn(CCO)c2n1. The number of rotatable bonds is 6. The largest absolute Gasteiger partial charge is 0.462 e. The van der Waals surface area contributed by atoms with Crippen molar-refractivity contribution >= 4 is 33.3 Å². The molecule has 1 spiro atoms. The van der Waals surface area contributed by atoms with Crippen LogP contribution in [0, 0.1) is 11.3 Å². The Labute approximate surface area is 201 Å². The van der Waals surface area contributed by atoms with E-state index in [1.165, 1.54) is 11.3 Å². The van der Waals surface area contributed by atoms with Crippen LogP contribution in [-0.4, -0.2) is 75.5 Å². The van der Waals surface area contributed by atoms with E-state index in [0.717, 1.165) is 50.3 Å². The molecule has 0 unspecified atom stereocenters. The van der Waals surface area contributed by atoms with Crippen molar-refractivity contribution in [2.75, 3.05) is 50.5 Å². The van der Waals surface area contributed by atoms with Gasteiger partial charge in [0.2, 0.25) is 0 Å². The fourth-order valence-electron chi connectivity index (χ4n) is 5.80. The Kier molecular flexibility index (Phi) is 5.13. The summed E-state index contributed by atoms with van der Waals surface area (Å²) in [6.07, 6.45) is 5.96. The van der Waals surface area contributed by atoms with E-state index in [4.69, 9.17) is 15.5 Å². The second kappa shape index (κ2) is 8.08. The predicted octanol–water partition coefficient (Wildman–Crippen LogP) is 1.51. The van der Waals surface area contributed by atoms with Gasteiger partial charge in [-0.15, -0.1) is 11.3 Å². The van der Waals surface area contributed by atoms with Crippen molar-refractivity contribution in [3.8, 4) is 12.1 Å². The summed E-state index contributed by atoms with van der Waals surface area (Å²) in [5, 5.41) is 19.8. The van der Waals surface area contributed by atoms with Gasteiger partial charge in [0.15, 0.2) is 17.0 Å². The van der Waals surface area contributed by atoms with E-state index in [1.54, 1.807) is 17.7 Å². The minimum atomic E-state index is -0.0625. The molecule has 0 aromatic carbocycles. The summed E-state index contributed by atoms with van der Waals surface area (Å²) in [5.41, 5.74) is 9.24. The highest BCUT2D eigenvalue weighted by Crippen LogP contribution is 2.52. The summed E-state index contributed by atoms with van der Waals surface area (Å²) in [6.45, 7) is 3.55. The first-order chi connectivity index (χ1) is 16.5. The zero-order chi connectivity index (χ0) is 23.4. The van der Waals surface area contributed by atoms with Crippen molar-refractivity contribution in [2.24, 2.45) is 0 Å². The number of nitriles is 1. The lowest BCUT2D eigenvalue weighted by atomic mass is 9.74. The molecule has 2 aliphatic heterocycles. The van der Waals surface area contributed by atoms with Crippen LogP contribution in [0.5, 0.6) is 6.01 Å². The van der Waals surface area contributed by atoms with Crippen molar-refractivity contribution < 1.29 is 9.84 Å². The first-order valence-corrected chi connectivity index (χ1v) is 12.6. The smallest absolute Gasteiger partial charge is 0.320 e. The highest BCUT2D eigenvalue weighted by atomic mass is 32.1. The molecule has 10 nitrogen and oxygen atoms in total. The van der Waals surface area contributed by atoms with Gasteiger partial charge in [0.1, 0.15) is 17.7 Å². The molecule has 0 amide bonds. The zero-order valence-electron chi connectivity index (χ0n) is 19.2. The van der Waals surface area contributed by atoms with Crippen LogP contribution in [0.3, 0.4) is 0 Å². The van der Waals surface area contributed by atoms with Gasteiger partial charge in [-0.25, -0.2) is 4.98 Å². The quantitative estimate of drug-likeness (QED) is 0.539. The number of anilines is 2. The van der Waals surface area contributed by atoms with E-state index >= 15 is 0 Å². The molecule has 11 heteroatoms. The Morgan fingerprint density at radius 1 is 1.38 bits per heavy atom. The number of nitrogens with zero attached hydrogens (tertiary/aromatic N) is 7. The number of aryl methyl sites for hydroxylation is 1. The molecule has 1 aliphatic carbocycles. The second-order valence-corrected chi connectivity index (χ2v) is 10.8. The molecule has 0 radical (unpaired) electrons. The molecule has 3 aromatic rings. The number of nitrogens with two attached hydrogens (primary N) is 1. The van der Waals surface area contributed by atoms with Crippen LogP contribution in [0.25, 0.3) is 11.2 Å². The van der Waals surface area contributed by atoms with Gasteiger partial charge < -0.3 is 29.9 Å². The minimum absolute atomic E-state index is 0.0000273. The van der Waals surface area contributed by atoms with Gasteiger partial charge >= 0.3 is 6.01 Å². The van der Waals surface area contributed by atoms with Crippen molar-refractivity contribution in [1.82, 2.24) is 24.4 Å². The van der Waals surface area contributed by atoms with E-state index in [-0.39, 0.29) is 12.0 Å². The maximum absolute atomic E-state index is 9.69. The fourth-order valence-corrected chi connectivity index (χ4v) is 6.94. The van der Waals surface area contributed by atoms with Crippen LogP contribution in [0.15, 0.2) is 6.33 Å². The van der Waals surface area contributed by atoms with Crippen molar-refractivity contribution in [1.29, 1.82) is 5.26 Å². The van der Waals surface area contributed by atoms with Gasteiger partial charge in [-0.2, -0.15) is 15.2 Å². The number of likely N-dealkylation sites (tertiary alicyclic amines) is 1. The van der Waals surface area contributed by atoms with Crippen LogP contribution in [0.1, 0.15) is 35.3 Å². The highest BCUT2D eigenvalue weighted by molar-refractivity contribution is 7.16. The number of fused-ring (bicyclic) bond motifs is 3. The molecule has 2 saturated heterocycles. The minimum Gasteiger partial charge on any atom is -0.462 e. The Morgan fingerprint density at radius 2 is 2.24 bits per heavy atom. The normalized spacial score (nSPS) is 21.2. The number of ether oxygens (including phenoxy) is 1. The van der Waals surface area contributed by atoms with Crippen molar-refractivity contribution in [3.05, 3.63) is 22.3 Å². The molecule has 0 saturated carbocycles. The number of nitrogen functional groups attached to an aromatic ring is 1. The lowest BCUT2D eigenvalue weighted by molar-refractivity contribution is 0.188. The summed E-state index contributed by atoms with van der Waals surface area (Å²) in [4.78, 5) is 19.8. The molecule has 34 heavy (non-hydrogen) atoms. The van der Waals surface area contributed by atoms with E-state index in [1.807, 2.05) is 4.57 Å². The van der Waals surface area contributed by atoms with Gasteiger partial charge in [0.05, 0.1) is 18.5 Å². The van der Waals surface area contributed by atoms with Gasteiger partial charge in [0.25, 0.3) is 0 Å². The van der Waals surface area contributed by atoms with Gasteiger partial charge in [-0.3, -0.25) is 0 Å². The number of likely N-dealkylation sites (N-methyl/N-ethyl adjacent to an activating group) is 1. The van der Waals surface area contributed by atoms with Gasteiger partial charge in [-0.05, 0) is 44.8 Å². The van der Waals surface area contributed by atoms with E-state index in [0.29, 0.717) is 46.9 Å². The van der Waals surface area contributed by atoms with Crippen LogP contribution in [-0.2, 0) is 18.4 Å². The number of hydrogen-bond donors (Lipinski definition) is 2. The fraction of sp³-hybridized carbons (Fsp3) is 0.565. The molecule has 3 N–H and O–H groups in total.